The lowest BCUT2D eigenvalue weighted by molar-refractivity contribution is 0.669. The van der Waals surface area contributed by atoms with Crippen molar-refractivity contribution in [1.82, 2.24) is 15.0 Å². The zero-order valence-electron chi connectivity index (χ0n) is 33.0. The Labute approximate surface area is 352 Å². The van der Waals surface area contributed by atoms with Crippen molar-refractivity contribution in [2.45, 2.75) is 0 Å². The van der Waals surface area contributed by atoms with Crippen LogP contribution >= 0.6 is 0 Å². The molecule has 0 amide bonds. The number of fused-ring (bicyclic) bond motifs is 7. The van der Waals surface area contributed by atoms with E-state index in [1.54, 1.807) is 0 Å². The predicted octanol–water partition coefficient (Wildman–Crippen LogP) is 15.2. The second-order valence-electron chi connectivity index (χ2n) is 15.5. The molecule has 0 spiro atoms. The molecule has 0 saturated carbocycles. The quantitative estimate of drug-likeness (QED) is 0.125. The topological polar surface area (TPSA) is 51.8 Å². The summed E-state index contributed by atoms with van der Waals surface area (Å²) in [5.74, 6) is 1.81. The molecule has 4 nitrogen and oxygen atoms in total. The van der Waals surface area contributed by atoms with Crippen LogP contribution in [-0.2, 0) is 0 Å². The fourth-order valence-corrected chi connectivity index (χ4v) is 8.99. The normalized spacial score (nSPS) is 11.6. The summed E-state index contributed by atoms with van der Waals surface area (Å²) in [6.45, 7) is 0. The van der Waals surface area contributed by atoms with Gasteiger partial charge >= 0.3 is 0 Å². The number of hydrogen-bond donors (Lipinski definition) is 0. The van der Waals surface area contributed by atoms with Gasteiger partial charge < -0.3 is 4.42 Å². The minimum atomic E-state index is 0.595. The molecular weight excluding hydrogens is 743 g/mol. The Balaban J connectivity index is 1.02. The Bertz CT molecular complexity index is 3660. The van der Waals surface area contributed by atoms with Crippen molar-refractivity contribution in [1.29, 1.82) is 0 Å². The lowest BCUT2D eigenvalue weighted by atomic mass is 9.89. The first-order chi connectivity index (χ1) is 30.2. The van der Waals surface area contributed by atoms with E-state index in [1.165, 1.54) is 43.4 Å². The standard InChI is InChI=1S/C57H35N3O/c1-2-14-36(15-3-1)44-22-8-9-26-49(44)57-59-55(58-56(60-57)43-29-31-53-51(35-43)47-25-10-11-27-52(47)61-53)42-21-13-19-39(33-42)38-18-12-20-41(32-38)54-46-24-7-5-17-40(46)34-50-45-23-6-4-16-37(45)28-30-48(50)54/h1-35H. The van der Waals surface area contributed by atoms with Crippen LogP contribution < -0.4 is 0 Å². The number of nitrogens with zero attached hydrogens (tertiary/aromatic N) is 3. The number of furan rings is 1. The molecule has 0 aliphatic carbocycles. The van der Waals surface area contributed by atoms with Gasteiger partial charge in [0.25, 0.3) is 0 Å². The van der Waals surface area contributed by atoms with E-state index >= 15 is 0 Å². The third-order valence-electron chi connectivity index (χ3n) is 11.9. The van der Waals surface area contributed by atoms with Crippen LogP contribution in [0.25, 0.3) is 122 Å². The van der Waals surface area contributed by atoms with Crippen molar-refractivity contribution >= 4 is 54.3 Å². The monoisotopic (exact) mass is 777 g/mol. The Morgan fingerprint density at radius 3 is 1.66 bits per heavy atom. The van der Waals surface area contributed by atoms with E-state index in [0.717, 1.165) is 60.9 Å². The first-order valence-corrected chi connectivity index (χ1v) is 20.6. The molecule has 0 radical (unpaired) electrons. The molecule has 0 bridgehead atoms. The molecule has 61 heavy (non-hydrogen) atoms. The van der Waals surface area contributed by atoms with Crippen molar-refractivity contribution in [3.05, 3.63) is 212 Å². The van der Waals surface area contributed by atoms with Crippen LogP contribution in [0.5, 0.6) is 0 Å². The maximum Gasteiger partial charge on any atom is 0.164 e. The molecule has 284 valence electrons. The minimum absolute atomic E-state index is 0.595. The number of benzene rings is 10. The lowest BCUT2D eigenvalue weighted by Crippen LogP contribution is -2.01. The summed E-state index contributed by atoms with van der Waals surface area (Å²) in [7, 11) is 0. The molecule has 0 unspecified atom stereocenters. The zero-order chi connectivity index (χ0) is 40.3. The molecule has 10 aromatic carbocycles. The second-order valence-corrected chi connectivity index (χ2v) is 15.5. The Kier molecular flexibility index (Phi) is 8.13. The van der Waals surface area contributed by atoms with E-state index in [0.29, 0.717) is 17.5 Å². The zero-order valence-corrected chi connectivity index (χ0v) is 33.0. The highest BCUT2D eigenvalue weighted by Crippen LogP contribution is 2.41. The molecule has 0 N–H and O–H groups in total. The molecule has 12 aromatic rings. The molecule has 0 aliphatic heterocycles. The maximum absolute atomic E-state index is 6.19. The minimum Gasteiger partial charge on any atom is -0.456 e. The highest BCUT2D eigenvalue weighted by molar-refractivity contribution is 6.20. The van der Waals surface area contributed by atoms with Gasteiger partial charge in [0.15, 0.2) is 17.5 Å². The summed E-state index contributed by atoms with van der Waals surface area (Å²) in [4.78, 5) is 15.7. The van der Waals surface area contributed by atoms with Gasteiger partial charge in [0.2, 0.25) is 0 Å². The third kappa shape index (κ3) is 6.04. The molecule has 0 atom stereocenters. The molecule has 0 saturated heterocycles. The van der Waals surface area contributed by atoms with Crippen LogP contribution in [0.15, 0.2) is 217 Å². The number of rotatable bonds is 6. The molecule has 2 aromatic heterocycles. The molecule has 12 rings (SSSR count). The fraction of sp³-hybridized carbons (Fsp3) is 0. The Hall–Kier alpha value is -8.21. The van der Waals surface area contributed by atoms with Crippen LogP contribution in [0, 0.1) is 0 Å². The predicted molar refractivity (Wildman–Crippen MR) is 252 cm³/mol. The molecular formula is C57H35N3O. The largest absolute Gasteiger partial charge is 0.456 e. The van der Waals surface area contributed by atoms with Crippen LogP contribution in [0.3, 0.4) is 0 Å². The fourth-order valence-electron chi connectivity index (χ4n) is 8.99. The Morgan fingerprint density at radius 1 is 0.262 bits per heavy atom. The highest BCUT2D eigenvalue weighted by Gasteiger charge is 2.18. The number of para-hydroxylation sites is 1. The summed E-state index contributed by atoms with van der Waals surface area (Å²) >= 11 is 0. The summed E-state index contributed by atoms with van der Waals surface area (Å²) in [5.41, 5.74) is 11.2. The first-order valence-electron chi connectivity index (χ1n) is 20.6. The highest BCUT2D eigenvalue weighted by atomic mass is 16.3. The van der Waals surface area contributed by atoms with Gasteiger partial charge in [-0.1, -0.05) is 170 Å². The molecule has 0 aliphatic rings. The van der Waals surface area contributed by atoms with E-state index in [9.17, 15) is 0 Å². The van der Waals surface area contributed by atoms with Crippen molar-refractivity contribution < 1.29 is 4.42 Å². The van der Waals surface area contributed by atoms with Gasteiger partial charge in [-0.05, 0) is 108 Å². The van der Waals surface area contributed by atoms with Gasteiger partial charge in [0.1, 0.15) is 11.2 Å². The molecule has 0 fully saturated rings. The van der Waals surface area contributed by atoms with Crippen molar-refractivity contribution in [3.8, 4) is 67.5 Å². The SMILES string of the molecule is c1ccc(-c2ccccc2-c2nc(-c3cccc(-c4cccc(-c5c6ccccc6cc6c5ccc5ccccc56)c4)c3)nc(-c3ccc4oc5ccccc5c4c3)n2)cc1. The van der Waals surface area contributed by atoms with Crippen LogP contribution in [-0.4, -0.2) is 15.0 Å². The smallest absolute Gasteiger partial charge is 0.164 e. The van der Waals surface area contributed by atoms with Crippen LogP contribution in [0.2, 0.25) is 0 Å². The van der Waals surface area contributed by atoms with E-state index in [2.05, 4.69) is 170 Å². The van der Waals surface area contributed by atoms with Gasteiger partial charge in [-0.2, -0.15) is 0 Å². The molecule has 4 heteroatoms. The van der Waals surface area contributed by atoms with E-state index in [1.807, 2.05) is 42.5 Å². The summed E-state index contributed by atoms with van der Waals surface area (Å²) in [5, 5.41) is 9.55. The van der Waals surface area contributed by atoms with Gasteiger partial charge in [-0.3, -0.25) is 0 Å². The van der Waals surface area contributed by atoms with E-state index < -0.39 is 0 Å². The van der Waals surface area contributed by atoms with Crippen LogP contribution in [0.4, 0.5) is 0 Å². The lowest BCUT2D eigenvalue weighted by Gasteiger charge is -2.15. The van der Waals surface area contributed by atoms with E-state index in [-0.39, 0.29) is 0 Å². The first kappa shape index (κ1) is 34.8. The average Bonchev–Trinajstić information content (AvgIpc) is 3.71. The maximum atomic E-state index is 6.19. The van der Waals surface area contributed by atoms with E-state index in [4.69, 9.17) is 19.4 Å². The van der Waals surface area contributed by atoms with Gasteiger partial charge in [0, 0.05) is 27.5 Å². The van der Waals surface area contributed by atoms with Crippen molar-refractivity contribution in [2.75, 3.05) is 0 Å². The molecule has 2 heterocycles. The van der Waals surface area contributed by atoms with Gasteiger partial charge in [0.05, 0.1) is 0 Å². The second kappa shape index (κ2) is 14.3. The average molecular weight is 778 g/mol. The third-order valence-corrected chi connectivity index (χ3v) is 11.9. The Morgan fingerprint density at radius 2 is 0.836 bits per heavy atom. The summed E-state index contributed by atoms with van der Waals surface area (Å²) in [6, 6.07) is 74.8. The van der Waals surface area contributed by atoms with Gasteiger partial charge in [-0.15, -0.1) is 0 Å². The number of aromatic nitrogens is 3. The van der Waals surface area contributed by atoms with Crippen molar-refractivity contribution in [2.24, 2.45) is 0 Å². The van der Waals surface area contributed by atoms with Crippen LogP contribution in [0.1, 0.15) is 0 Å². The van der Waals surface area contributed by atoms with Gasteiger partial charge in [-0.25, -0.2) is 15.0 Å². The summed E-state index contributed by atoms with van der Waals surface area (Å²) in [6.07, 6.45) is 0. The van der Waals surface area contributed by atoms with Crippen molar-refractivity contribution in [3.63, 3.8) is 0 Å². The number of hydrogen-bond acceptors (Lipinski definition) is 4. The summed E-state index contributed by atoms with van der Waals surface area (Å²) < 4.78 is 6.19.